The first-order valence-electron chi connectivity index (χ1n) is 7.22. The Labute approximate surface area is 154 Å². The van der Waals surface area contributed by atoms with Crippen molar-refractivity contribution < 1.29 is 4.79 Å². The van der Waals surface area contributed by atoms with Crippen molar-refractivity contribution in [2.75, 3.05) is 19.6 Å². The van der Waals surface area contributed by atoms with Gasteiger partial charge in [0.2, 0.25) is 5.91 Å². The zero-order valence-electron chi connectivity index (χ0n) is 13.7. The smallest absolute Gasteiger partial charge is 0.224 e. The largest absolute Gasteiger partial charge is 0.369 e. The van der Waals surface area contributed by atoms with Gasteiger partial charge in [0.15, 0.2) is 5.96 Å². The van der Waals surface area contributed by atoms with E-state index in [1.807, 2.05) is 6.92 Å². The molecule has 0 aliphatic rings. The Hall–Kier alpha value is -0.830. The van der Waals surface area contributed by atoms with Crippen molar-refractivity contribution >= 4 is 47.2 Å². The van der Waals surface area contributed by atoms with Crippen LogP contribution in [0, 0.1) is 5.41 Å². The molecule has 0 spiro atoms. The Morgan fingerprint density at radius 2 is 2.14 bits per heavy atom. The lowest BCUT2D eigenvalue weighted by Crippen LogP contribution is -2.41. The number of rotatable bonds is 7. The summed E-state index contributed by atoms with van der Waals surface area (Å²) in [5.41, 5.74) is 4.73. The summed E-state index contributed by atoms with van der Waals surface area (Å²) < 4.78 is 0. The lowest BCUT2D eigenvalue weighted by atomic mass is 9.93. The molecule has 4 N–H and O–H groups in total. The zero-order valence-corrected chi connectivity index (χ0v) is 16.8. The maximum Gasteiger partial charge on any atom is 0.224 e. The summed E-state index contributed by atoms with van der Waals surface area (Å²) in [6.07, 6.45) is 0. The first-order valence-corrected chi connectivity index (χ1v) is 8.10. The molecule has 1 aromatic rings. The minimum Gasteiger partial charge on any atom is -0.369 e. The van der Waals surface area contributed by atoms with Crippen LogP contribution in [-0.2, 0) is 4.79 Å². The van der Waals surface area contributed by atoms with Crippen molar-refractivity contribution in [2.24, 2.45) is 16.1 Å². The number of nitrogens with one attached hydrogen (secondary N) is 2. The fraction of sp³-hybridized carbons (Fsp3) is 0.600. The first-order chi connectivity index (χ1) is 9.86. The van der Waals surface area contributed by atoms with Gasteiger partial charge in [-0.15, -0.1) is 35.3 Å². The summed E-state index contributed by atoms with van der Waals surface area (Å²) in [5, 5.41) is 8.58. The van der Waals surface area contributed by atoms with Gasteiger partial charge in [-0.25, -0.2) is 0 Å². The summed E-state index contributed by atoms with van der Waals surface area (Å²) in [4.78, 5) is 17.1. The van der Waals surface area contributed by atoms with Crippen LogP contribution in [0.3, 0.4) is 0 Å². The molecule has 1 amide bonds. The molecule has 1 rings (SSSR count). The molecule has 0 aromatic carbocycles. The number of aliphatic imine (C=N–C) groups is 1. The summed E-state index contributed by atoms with van der Waals surface area (Å²) in [7, 11) is 0. The van der Waals surface area contributed by atoms with E-state index in [9.17, 15) is 4.79 Å². The second-order valence-electron chi connectivity index (χ2n) is 5.74. The fourth-order valence-electron chi connectivity index (χ4n) is 1.62. The number of carbonyl (C=O) groups excluding carboxylic acids is 1. The number of hydrogen-bond donors (Lipinski definition) is 3. The standard InChI is InChI=1S/C15H26N4OS.HI/c1-5-17-14(19-10-15(3,4)13(16)20)18-9-11(2)12-7-6-8-21-12;/h6-8,11H,5,9-10H2,1-4H3,(H2,16,20)(H2,17,18,19);1H. The van der Waals surface area contributed by atoms with Gasteiger partial charge in [0.1, 0.15) is 0 Å². The number of halogens is 1. The Morgan fingerprint density at radius 3 is 2.64 bits per heavy atom. The van der Waals surface area contributed by atoms with Gasteiger partial charge < -0.3 is 16.4 Å². The molecule has 0 aliphatic carbocycles. The third kappa shape index (κ3) is 6.95. The van der Waals surface area contributed by atoms with E-state index >= 15 is 0 Å². The summed E-state index contributed by atoms with van der Waals surface area (Å²) in [6, 6.07) is 4.20. The van der Waals surface area contributed by atoms with Gasteiger partial charge in [-0.1, -0.05) is 13.0 Å². The lowest BCUT2D eigenvalue weighted by Gasteiger charge is -2.20. The predicted molar refractivity (Wildman–Crippen MR) is 105 cm³/mol. The number of thiophene rings is 1. The lowest BCUT2D eigenvalue weighted by molar-refractivity contribution is -0.125. The zero-order chi connectivity index (χ0) is 15.9. The maximum atomic E-state index is 11.3. The van der Waals surface area contributed by atoms with E-state index in [1.165, 1.54) is 4.88 Å². The Morgan fingerprint density at radius 1 is 1.45 bits per heavy atom. The average molecular weight is 438 g/mol. The van der Waals surface area contributed by atoms with Crippen LogP contribution in [0.1, 0.15) is 38.5 Å². The normalized spacial score (nSPS) is 13.2. The molecule has 126 valence electrons. The van der Waals surface area contributed by atoms with Gasteiger partial charge in [-0.3, -0.25) is 9.79 Å². The highest BCUT2D eigenvalue weighted by molar-refractivity contribution is 14.0. The number of primary amides is 1. The number of nitrogens with zero attached hydrogens (tertiary/aromatic N) is 1. The van der Waals surface area contributed by atoms with Crippen LogP contribution in [-0.4, -0.2) is 31.5 Å². The average Bonchev–Trinajstić information content (AvgIpc) is 2.95. The second kappa shape index (κ2) is 10.0. The molecule has 0 saturated heterocycles. The van der Waals surface area contributed by atoms with Crippen LogP contribution in [0.25, 0.3) is 0 Å². The number of hydrogen-bond acceptors (Lipinski definition) is 3. The number of nitrogens with two attached hydrogens (primary N) is 1. The van der Waals surface area contributed by atoms with E-state index in [0.29, 0.717) is 12.5 Å². The molecule has 22 heavy (non-hydrogen) atoms. The van der Waals surface area contributed by atoms with Crippen LogP contribution in [0.2, 0.25) is 0 Å². The first kappa shape index (κ1) is 21.2. The van der Waals surface area contributed by atoms with E-state index in [0.717, 1.165) is 19.0 Å². The molecule has 1 atom stereocenters. The number of amides is 1. The molecule has 5 nitrogen and oxygen atoms in total. The van der Waals surface area contributed by atoms with E-state index < -0.39 is 5.41 Å². The molecule has 0 saturated carbocycles. The Balaban J connectivity index is 0.00000441. The molecule has 1 unspecified atom stereocenters. The van der Waals surface area contributed by atoms with E-state index in [-0.39, 0.29) is 29.9 Å². The Bertz CT molecular complexity index is 474. The molecule has 7 heteroatoms. The SMILES string of the molecule is CCNC(=NCC(C)(C)C(N)=O)NCC(C)c1cccs1.I. The van der Waals surface area contributed by atoms with Crippen molar-refractivity contribution in [1.29, 1.82) is 0 Å². The number of guanidine groups is 1. The van der Waals surface area contributed by atoms with Gasteiger partial charge in [-0.05, 0) is 32.2 Å². The third-order valence-electron chi connectivity index (χ3n) is 3.25. The molecule has 1 heterocycles. The van der Waals surface area contributed by atoms with Crippen LogP contribution >= 0.6 is 35.3 Å². The summed E-state index contributed by atoms with van der Waals surface area (Å²) in [5.74, 6) is 0.794. The van der Waals surface area contributed by atoms with E-state index in [4.69, 9.17) is 5.73 Å². The van der Waals surface area contributed by atoms with E-state index in [1.54, 1.807) is 25.2 Å². The van der Waals surface area contributed by atoms with Crippen molar-refractivity contribution in [3.8, 4) is 0 Å². The van der Waals surface area contributed by atoms with Crippen molar-refractivity contribution in [1.82, 2.24) is 10.6 Å². The second-order valence-corrected chi connectivity index (χ2v) is 6.72. The van der Waals surface area contributed by atoms with Crippen LogP contribution in [0.4, 0.5) is 0 Å². The molecule has 0 fully saturated rings. The van der Waals surface area contributed by atoms with Crippen molar-refractivity contribution in [3.63, 3.8) is 0 Å². The van der Waals surface area contributed by atoms with E-state index in [2.05, 4.69) is 40.1 Å². The van der Waals surface area contributed by atoms with Crippen molar-refractivity contribution in [2.45, 2.75) is 33.6 Å². The molecule has 0 radical (unpaired) electrons. The van der Waals surface area contributed by atoms with Crippen LogP contribution < -0.4 is 16.4 Å². The maximum absolute atomic E-state index is 11.3. The van der Waals surface area contributed by atoms with Gasteiger partial charge in [0.25, 0.3) is 0 Å². The highest BCUT2D eigenvalue weighted by Crippen LogP contribution is 2.19. The van der Waals surface area contributed by atoms with Gasteiger partial charge in [-0.2, -0.15) is 0 Å². The van der Waals surface area contributed by atoms with Crippen LogP contribution in [0.5, 0.6) is 0 Å². The quantitative estimate of drug-likeness (QED) is 0.348. The topological polar surface area (TPSA) is 79.5 Å². The molecule has 0 aliphatic heterocycles. The predicted octanol–water partition coefficient (Wildman–Crippen LogP) is 2.54. The highest BCUT2D eigenvalue weighted by Gasteiger charge is 2.24. The number of carbonyl (C=O) groups is 1. The van der Waals surface area contributed by atoms with Crippen molar-refractivity contribution in [3.05, 3.63) is 22.4 Å². The Kier molecular flexibility index (Phi) is 9.66. The highest BCUT2D eigenvalue weighted by atomic mass is 127. The summed E-state index contributed by atoms with van der Waals surface area (Å²) in [6.45, 7) is 9.73. The fourth-order valence-corrected chi connectivity index (χ4v) is 2.41. The third-order valence-corrected chi connectivity index (χ3v) is 4.35. The molecular formula is C15H27IN4OS. The summed E-state index contributed by atoms with van der Waals surface area (Å²) >= 11 is 1.76. The molecule has 0 bridgehead atoms. The van der Waals surface area contributed by atoms with Gasteiger partial charge >= 0.3 is 0 Å². The van der Waals surface area contributed by atoms with Crippen LogP contribution in [0.15, 0.2) is 22.5 Å². The monoisotopic (exact) mass is 438 g/mol. The molecule has 1 aromatic heterocycles. The molecular weight excluding hydrogens is 411 g/mol. The minimum absolute atomic E-state index is 0. The van der Waals surface area contributed by atoms with Gasteiger partial charge in [0, 0.05) is 23.9 Å². The minimum atomic E-state index is -0.637. The van der Waals surface area contributed by atoms with Gasteiger partial charge in [0.05, 0.1) is 12.0 Å².